The first-order chi connectivity index (χ1) is 17.2. The average Bonchev–Trinajstić information content (AvgIpc) is 2.91. The Labute approximate surface area is 213 Å². The molecule has 0 N–H and O–H groups in total. The highest BCUT2D eigenvalue weighted by atomic mass is 32.2. The van der Waals surface area contributed by atoms with Crippen LogP contribution in [-0.2, 0) is 24.1 Å². The Balaban J connectivity index is 1.49. The fraction of sp³-hybridized carbons (Fsp3) is 0.484. The van der Waals surface area contributed by atoms with Crippen molar-refractivity contribution in [3.63, 3.8) is 0 Å². The number of hydrogen-bond acceptors (Lipinski definition) is 3. The molecule has 3 aliphatic carbocycles. The summed E-state index contributed by atoms with van der Waals surface area (Å²) in [5.41, 5.74) is 6.07. The van der Waals surface area contributed by atoms with Gasteiger partial charge in [-0.3, -0.25) is 9.36 Å². The molecule has 3 aliphatic rings. The number of thioether (sulfide) groups is 1. The lowest BCUT2D eigenvalue weighted by Crippen LogP contribution is -2.43. The molecule has 4 heteroatoms. The van der Waals surface area contributed by atoms with Crippen molar-refractivity contribution in [2.75, 3.05) is 0 Å². The quantitative estimate of drug-likeness (QED) is 0.277. The molecule has 0 amide bonds. The minimum atomic E-state index is -0.0387. The van der Waals surface area contributed by atoms with Gasteiger partial charge in [-0.05, 0) is 49.1 Å². The van der Waals surface area contributed by atoms with E-state index < -0.39 is 0 Å². The van der Waals surface area contributed by atoms with Crippen molar-refractivity contribution in [1.29, 1.82) is 0 Å². The van der Waals surface area contributed by atoms with E-state index >= 15 is 0 Å². The molecule has 3 aromatic rings. The molecule has 0 saturated heterocycles. The summed E-state index contributed by atoms with van der Waals surface area (Å²) >= 11 is 1.74. The first-order valence-corrected chi connectivity index (χ1v) is 14.6. The lowest BCUT2D eigenvalue weighted by atomic mass is 9.62. The zero-order valence-corrected chi connectivity index (χ0v) is 21.5. The first kappa shape index (κ1) is 23.1. The molecule has 1 aromatic heterocycles. The Hall–Kier alpha value is -2.33. The van der Waals surface area contributed by atoms with Gasteiger partial charge in [0.1, 0.15) is 0 Å². The van der Waals surface area contributed by atoms with Crippen LogP contribution in [0.25, 0.3) is 11.3 Å². The third kappa shape index (κ3) is 4.50. The Morgan fingerprint density at radius 3 is 2.40 bits per heavy atom. The fourth-order valence-corrected chi connectivity index (χ4v) is 7.80. The summed E-state index contributed by atoms with van der Waals surface area (Å²) in [7, 11) is 0. The standard InChI is InChI=1S/C31H36N2OS/c34-29-27-28(26-17-9-8-16-25(26)20-31(27)18-10-3-11-19-31)32-30(35-22-24-14-6-2-7-15-24)33(29)21-23-12-4-1-5-13-23/h2,6-9,14-17,23H,1,3-5,10-13,18-22H2. The van der Waals surface area contributed by atoms with Crippen molar-refractivity contribution in [1.82, 2.24) is 9.55 Å². The van der Waals surface area contributed by atoms with Crippen LogP contribution in [-0.4, -0.2) is 9.55 Å². The van der Waals surface area contributed by atoms with Crippen molar-refractivity contribution in [3.05, 3.63) is 81.6 Å². The van der Waals surface area contributed by atoms with Crippen LogP contribution in [0.1, 0.15) is 80.9 Å². The second kappa shape index (κ2) is 9.97. The van der Waals surface area contributed by atoms with E-state index in [4.69, 9.17) is 4.98 Å². The molecule has 0 atom stereocenters. The molecule has 35 heavy (non-hydrogen) atoms. The van der Waals surface area contributed by atoms with Crippen molar-refractivity contribution >= 4 is 11.8 Å². The summed E-state index contributed by atoms with van der Waals surface area (Å²) in [6.07, 6.45) is 13.3. The summed E-state index contributed by atoms with van der Waals surface area (Å²) in [5, 5.41) is 0.908. The highest BCUT2D eigenvalue weighted by Gasteiger charge is 2.43. The molecule has 0 aliphatic heterocycles. The zero-order chi connectivity index (χ0) is 23.7. The lowest BCUT2D eigenvalue weighted by molar-refractivity contribution is 0.274. The van der Waals surface area contributed by atoms with Crippen LogP contribution in [0.3, 0.4) is 0 Å². The third-order valence-corrected chi connectivity index (χ3v) is 9.70. The normalized spacial score (nSPS) is 19.3. The second-order valence-corrected chi connectivity index (χ2v) is 11.9. The van der Waals surface area contributed by atoms with E-state index in [1.807, 2.05) is 0 Å². The molecular weight excluding hydrogens is 448 g/mol. The van der Waals surface area contributed by atoms with E-state index in [1.165, 1.54) is 68.1 Å². The van der Waals surface area contributed by atoms with E-state index in [2.05, 4.69) is 59.2 Å². The van der Waals surface area contributed by atoms with Crippen LogP contribution in [0.4, 0.5) is 0 Å². The number of nitrogens with zero attached hydrogens (tertiary/aromatic N) is 2. The molecule has 2 aromatic carbocycles. The number of fused-ring (bicyclic) bond motifs is 4. The average molecular weight is 485 g/mol. The number of hydrogen-bond donors (Lipinski definition) is 0. The summed E-state index contributed by atoms with van der Waals surface area (Å²) in [4.78, 5) is 19.9. The molecule has 182 valence electrons. The van der Waals surface area contributed by atoms with Crippen LogP contribution in [0, 0.1) is 5.92 Å². The molecule has 1 heterocycles. The summed E-state index contributed by atoms with van der Waals surface area (Å²) in [5.74, 6) is 1.43. The zero-order valence-electron chi connectivity index (χ0n) is 20.7. The van der Waals surface area contributed by atoms with Gasteiger partial charge in [0.05, 0.1) is 11.3 Å². The summed E-state index contributed by atoms with van der Waals surface area (Å²) < 4.78 is 2.10. The highest BCUT2D eigenvalue weighted by Crippen LogP contribution is 2.49. The van der Waals surface area contributed by atoms with Crippen LogP contribution in [0.15, 0.2) is 64.5 Å². The predicted octanol–water partition coefficient (Wildman–Crippen LogP) is 7.54. The van der Waals surface area contributed by atoms with Gasteiger partial charge in [-0.1, -0.05) is 105 Å². The maximum absolute atomic E-state index is 14.5. The molecule has 0 radical (unpaired) electrons. The van der Waals surface area contributed by atoms with Gasteiger partial charge in [-0.25, -0.2) is 4.98 Å². The van der Waals surface area contributed by atoms with Gasteiger partial charge in [0.25, 0.3) is 5.56 Å². The Bertz CT molecular complexity index is 1240. The second-order valence-electron chi connectivity index (χ2n) is 11.0. The molecule has 0 bridgehead atoms. The van der Waals surface area contributed by atoms with Crippen molar-refractivity contribution in [2.45, 2.75) is 93.5 Å². The van der Waals surface area contributed by atoms with Gasteiger partial charge in [-0.15, -0.1) is 0 Å². The first-order valence-electron chi connectivity index (χ1n) is 13.6. The predicted molar refractivity (Wildman–Crippen MR) is 145 cm³/mol. The van der Waals surface area contributed by atoms with E-state index in [9.17, 15) is 4.79 Å². The minimum Gasteiger partial charge on any atom is -0.287 e. The topological polar surface area (TPSA) is 34.9 Å². The monoisotopic (exact) mass is 484 g/mol. The molecule has 2 saturated carbocycles. The van der Waals surface area contributed by atoms with E-state index in [-0.39, 0.29) is 11.0 Å². The fourth-order valence-electron chi connectivity index (χ4n) is 6.84. The van der Waals surface area contributed by atoms with Crippen molar-refractivity contribution in [3.8, 4) is 11.3 Å². The van der Waals surface area contributed by atoms with E-state index in [0.29, 0.717) is 5.92 Å². The Morgan fingerprint density at radius 2 is 1.60 bits per heavy atom. The Kier molecular flexibility index (Phi) is 6.58. The minimum absolute atomic E-state index is 0.0387. The SMILES string of the molecule is O=c1c2c(nc(SCc3ccccc3)n1CC1CCCCC1)-c1ccccc1CC21CCCCC1. The van der Waals surface area contributed by atoms with Gasteiger partial charge in [0, 0.05) is 23.3 Å². The smallest absolute Gasteiger partial charge is 0.258 e. The summed E-state index contributed by atoms with van der Waals surface area (Å²) in [6.45, 7) is 0.827. The molecule has 1 spiro atoms. The van der Waals surface area contributed by atoms with Crippen molar-refractivity contribution in [2.24, 2.45) is 5.92 Å². The van der Waals surface area contributed by atoms with Crippen LogP contribution in [0.2, 0.25) is 0 Å². The van der Waals surface area contributed by atoms with Crippen LogP contribution < -0.4 is 5.56 Å². The molecular formula is C31H36N2OS. The third-order valence-electron chi connectivity index (χ3n) is 8.65. The number of benzene rings is 2. The maximum atomic E-state index is 14.5. The van der Waals surface area contributed by atoms with Gasteiger partial charge >= 0.3 is 0 Å². The van der Waals surface area contributed by atoms with Gasteiger partial charge in [0.15, 0.2) is 5.16 Å². The van der Waals surface area contributed by atoms with Crippen LogP contribution in [0.5, 0.6) is 0 Å². The summed E-state index contributed by atoms with van der Waals surface area (Å²) in [6, 6.07) is 19.3. The largest absolute Gasteiger partial charge is 0.287 e. The van der Waals surface area contributed by atoms with E-state index in [1.54, 1.807) is 11.8 Å². The Morgan fingerprint density at radius 1 is 0.886 bits per heavy atom. The van der Waals surface area contributed by atoms with E-state index in [0.717, 1.165) is 48.0 Å². The van der Waals surface area contributed by atoms with Gasteiger partial charge in [0.2, 0.25) is 0 Å². The molecule has 0 unspecified atom stereocenters. The van der Waals surface area contributed by atoms with Crippen LogP contribution >= 0.6 is 11.8 Å². The van der Waals surface area contributed by atoms with Crippen molar-refractivity contribution < 1.29 is 0 Å². The van der Waals surface area contributed by atoms with Gasteiger partial charge < -0.3 is 0 Å². The maximum Gasteiger partial charge on any atom is 0.258 e. The number of rotatable bonds is 5. The molecule has 6 rings (SSSR count). The molecule has 3 nitrogen and oxygen atoms in total. The lowest BCUT2D eigenvalue weighted by Gasteiger charge is -2.42. The van der Waals surface area contributed by atoms with Gasteiger partial charge in [-0.2, -0.15) is 0 Å². The highest BCUT2D eigenvalue weighted by molar-refractivity contribution is 7.98. The molecule has 2 fully saturated rings. The number of aromatic nitrogens is 2.